The number of hydrogen-bond donors (Lipinski definition) is 0. The van der Waals surface area contributed by atoms with Crippen LogP contribution in [0.2, 0.25) is 0 Å². The minimum atomic E-state index is -0.619. The van der Waals surface area contributed by atoms with Crippen LogP contribution in [0.3, 0.4) is 0 Å². The summed E-state index contributed by atoms with van der Waals surface area (Å²) in [4.78, 5) is 25.9. The Kier molecular flexibility index (Phi) is 3.24. The quantitative estimate of drug-likeness (QED) is 0.483. The largest absolute Gasteiger partial charge is 0.389 e. The first-order valence-electron chi connectivity index (χ1n) is 6.24. The van der Waals surface area contributed by atoms with E-state index in [9.17, 15) is 9.59 Å². The fourth-order valence-corrected chi connectivity index (χ4v) is 3.07. The van der Waals surface area contributed by atoms with E-state index in [1.165, 1.54) is 0 Å². The lowest BCUT2D eigenvalue weighted by Gasteiger charge is -2.06. The van der Waals surface area contributed by atoms with Crippen LogP contribution >= 0.6 is 11.3 Å². The second kappa shape index (κ2) is 5.06. The Bertz CT molecular complexity index is 698. The maximum Gasteiger partial charge on any atom is 0.342 e. The zero-order valence-corrected chi connectivity index (χ0v) is 11.6. The highest BCUT2D eigenvalue weighted by molar-refractivity contribution is 7.12. The summed E-state index contributed by atoms with van der Waals surface area (Å²) in [6.45, 7) is 2.00. The first-order chi connectivity index (χ1) is 9.65. The summed E-state index contributed by atoms with van der Waals surface area (Å²) in [5.41, 5.74) is 1.19. The van der Waals surface area contributed by atoms with E-state index in [0.717, 1.165) is 15.3 Å². The van der Waals surface area contributed by atoms with Crippen LogP contribution in [0.4, 0.5) is 0 Å². The number of benzene rings is 1. The maximum atomic E-state index is 11.9. The van der Waals surface area contributed by atoms with Crippen LogP contribution in [0, 0.1) is 6.92 Å². The highest BCUT2D eigenvalue weighted by Gasteiger charge is 2.40. The summed E-state index contributed by atoms with van der Waals surface area (Å²) in [7, 11) is 0. The van der Waals surface area contributed by atoms with E-state index in [2.05, 4.69) is 0 Å². The first kappa shape index (κ1) is 12.8. The van der Waals surface area contributed by atoms with E-state index in [1.54, 1.807) is 17.4 Å². The molecule has 1 aliphatic heterocycles. The Balaban J connectivity index is 2.05. The molecule has 1 fully saturated rings. The molecule has 20 heavy (non-hydrogen) atoms. The lowest BCUT2D eigenvalue weighted by atomic mass is 9.92. The van der Waals surface area contributed by atoms with Crippen molar-refractivity contribution >= 4 is 29.4 Å². The molecule has 3 rings (SSSR count). The number of cyclic esters (lactones) is 2. The molecule has 0 saturated carbocycles. The van der Waals surface area contributed by atoms with Gasteiger partial charge in [0.25, 0.3) is 0 Å². The third-order valence-electron chi connectivity index (χ3n) is 3.17. The van der Waals surface area contributed by atoms with Gasteiger partial charge in [0, 0.05) is 9.75 Å². The van der Waals surface area contributed by atoms with Gasteiger partial charge in [0.05, 0.1) is 5.57 Å². The third kappa shape index (κ3) is 2.30. The van der Waals surface area contributed by atoms with Gasteiger partial charge in [-0.05, 0) is 30.7 Å². The molecule has 1 aromatic heterocycles. The van der Waals surface area contributed by atoms with Gasteiger partial charge in [0.15, 0.2) is 0 Å². The number of ether oxygens (including phenoxy) is 1. The molecule has 0 aliphatic carbocycles. The van der Waals surface area contributed by atoms with Gasteiger partial charge in [-0.3, -0.25) is 4.79 Å². The molecular weight excluding hydrogens is 272 g/mol. The zero-order valence-electron chi connectivity index (χ0n) is 10.8. The van der Waals surface area contributed by atoms with Crippen LogP contribution in [0.25, 0.3) is 6.08 Å². The summed E-state index contributed by atoms with van der Waals surface area (Å²) in [6.07, 6.45) is 1.75. The van der Waals surface area contributed by atoms with E-state index in [0.29, 0.717) is 5.57 Å². The number of aryl methyl sites for hydroxylation is 1. The fourth-order valence-electron chi connectivity index (χ4n) is 2.24. The molecular formula is C16H12O3S. The van der Waals surface area contributed by atoms with Gasteiger partial charge in [-0.25, -0.2) is 4.79 Å². The molecule has 2 heterocycles. The monoisotopic (exact) mass is 284 g/mol. The summed E-state index contributed by atoms with van der Waals surface area (Å²) in [6, 6.07) is 13.1. The normalized spacial score (nSPS) is 20.4. The van der Waals surface area contributed by atoms with Crippen LogP contribution in [0.15, 0.2) is 48.0 Å². The summed E-state index contributed by atoms with van der Waals surface area (Å²) in [5, 5.41) is 0. The number of carbonyl (C=O) groups is 2. The Morgan fingerprint density at radius 3 is 2.50 bits per heavy atom. The van der Waals surface area contributed by atoms with Crippen molar-refractivity contribution in [2.24, 2.45) is 0 Å². The van der Waals surface area contributed by atoms with Gasteiger partial charge in [-0.15, -0.1) is 11.3 Å². The van der Waals surface area contributed by atoms with Crippen molar-refractivity contribution in [3.05, 3.63) is 63.4 Å². The van der Waals surface area contributed by atoms with Crippen molar-refractivity contribution in [2.45, 2.75) is 12.8 Å². The Labute approximate surface area is 120 Å². The van der Waals surface area contributed by atoms with Gasteiger partial charge < -0.3 is 4.74 Å². The van der Waals surface area contributed by atoms with Crippen LogP contribution in [-0.4, -0.2) is 11.9 Å². The molecule has 0 amide bonds. The van der Waals surface area contributed by atoms with E-state index in [4.69, 9.17) is 4.74 Å². The Hall–Kier alpha value is -2.20. The van der Waals surface area contributed by atoms with E-state index in [1.807, 2.05) is 49.4 Å². The predicted octanol–water partition coefficient (Wildman–Crippen LogP) is 3.31. The molecule has 4 heteroatoms. The van der Waals surface area contributed by atoms with Crippen molar-refractivity contribution in [1.29, 1.82) is 0 Å². The lowest BCUT2D eigenvalue weighted by Crippen LogP contribution is -2.06. The summed E-state index contributed by atoms with van der Waals surface area (Å²) < 4.78 is 4.78. The van der Waals surface area contributed by atoms with Crippen molar-refractivity contribution in [3.63, 3.8) is 0 Å². The maximum absolute atomic E-state index is 11.9. The second-order valence-corrected chi connectivity index (χ2v) is 5.92. The van der Waals surface area contributed by atoms with Gasteiger partial charge >= 0.3 is 11.9 Å². The average Bonchev–Trinajstić information content (AvgIpc) is 2.95. The molecule has 0 radical (unpaired) electrons. The Morgan fingerprint density at radius 1 is 1.10 bits per heavy atom. The molecule has 3 nitrogen and oxygen atoms in total. The molecule has 100 valence electrons. The van der Waals surface area contributed by atoms with Crippen molar-refractivity contribution < 1.29 is 14.3 Å². The van der Waals surface area contributed by atoms with Crippen LogP contribution in [-0.2, 0) is 14.3 Å². The Morgan fingerprint density at radius 2 is 1.85 bits per heavy atom. The topological polar surface area (TPSA) is 43.4 Å². The molecule has 2 aromatic rings. The van der Waals surface area contributed by atoms with E-state index >= 15 is 0 Å². The smallest absolute Gasteiger partial charge is 0.342 e. The zero-order chi connectivity index (χ0) is 14.1. The van der Waals surface area contributed by atoms with Crippen LogP contribution in [0.5, 0.6) is 0 Å². The minimum Gasteiger partial charge on any atom is -0.389 e. The predicted molar refractivity (Wildman–Crippen MR) is 77.3 cm³/mol. The van der Waals surface area contributed by atoms with Gasteiger partial charge in [-0.2, -0.15) is 0 Å². The lowest BCUT2D eigenvalue weighted by molar-refractivity contribution is -0.151. The highest BCUT2D eigenvalue weighted by Crippen LogP contribution is 2.34. The standard InChI is InChI=1S/C16H12O3S/c1-10-7-8-12(20-10)9-13-14(16(18)19-15(13)17)11-5-3-2-4-6-11/h2-9,14H,1H3/b13-9+. The molecule has 0 bridgehead atoms. The molecule has 0 spiro atoms. The van der Waals surface area contributed by atoms with Crippen molar-refractivity contribution in [1.82, 2.24) is 0 Å². The molecule has 1 saturated heterocycles. The minimum absolute atomic E-state index is 0.406. The van der Waals surface area contributed by atoms with E-state index < -0.39 is 17.9 Å². The van der Waals surface area contributed by atoms with Crippen LogP contribution < -0.4 is 0 Å². The SMILES string of the molecule is Cc1ccc(/C=C2/C(=O)OC(=O)C2c2ccccc2)s1. The van der Waals surface area contributed by atoms with Gasteiger partial charge in [0.2, 0.25) is 0 Å². The number of carbonyl (C=O) groups excluding carboxylic acids is 2. The van der Waals surface area contributed by atoms with Gasteiger partial charge in [0.1, 0.15) is 5.92 Å². The van der Waals surface area contributed by atoms with Crippen molar-refractivity contribution in [3.8, 4) is 0 Å². The van der Waals surface area contributed by atoms with Crippen LogP contribution in [0.1, 0.15) is 21.2 Å². The van der Waals surface area contributed by atoms with Crippen molar-refractivity contribution in [2.75, 3.05) is 0 Å². The number of thiophene rings is 1. The molecule has 0 N–H and O–H groups in total. The number of esters is 2. The van der Waals surface area contributed by atoms with E-state index in [-0.39, 0.29) is 0 Å². The fraction of sp³-hybridized carbons (Fsp3) is 0.125. The first-order valence-corrected chi connectivity index (χ1v) is 7.06. The molecule has 1 unspecified atom stereocenters. The van der Waals surface area contributed by atoms with Gasteiger partial charge in [-0.1, -0.05) is 30.3 Å². The molecule has 1 aliphatic rings. The number of hydrogen-bond acceptors (Lipinski definition) is 4. The second-order valence-electron chi connectivity index (χ2n) is 4.60. The molecule has 1 aromatic carbocycles. The summed E-state index contributed by atoms with van der Waals surface area (Å²) >= 11 is 1.58. The average molecular weight is 284 g/mol. The number of rotatable bonds is 2. The highest BCUT2D eigenvalue weighted by atomic mass is 32.1. The summed E-state index contributed by atoms with van der Waals surface area (Å²) in [5.74, 6) is -1.67. The molecule has 1 atom stereocenters. The third-order valence-corrected chi connectivity index (χ3v) is 4.12.